The van der Waals surface area contributed by atoms with E-state index in [0.717, 1.165) is 24.2 Å². The molecule has 1 aliphatic carbocycles. The van der Waals surface area contributed by atoms with Gasteiger partial charge in [0.2, 0.25) is 0 Å². The Morgan fingerprint density at radius 1 is 1.60 bits per heavy atom. The molecule has 4 nitrogen and oxygen atoms in total. The minimum Gasteiger partial charge on any atom is -0.461 e. The summed E-state index contributed by atoms with van der Waals surface area (Å²) in [4.78, 5) is 20.0. The van der Waals surface area contributed by atoms with E-state index < -0.39 is 0 Å². The van der Waals surface area contributed by atoms with Gasteiger partial charge in [-0.3, -0.25) is 0 Å². The van der Waals surface area contributed by atoms with Crippen molar-refractivity contribution in [1.29, 1.82) is 0 Å². The maximum absolute atomic E-state index is 11.5. The van der Waals surface area contributed by atoms with E-state index in [-0.39, 0.29) is 5.97 Å². The van der Waals surface area contributed by atoms with Crippen molar-refractivity contribution in [2.24, 2.45) is 0 Å². The van der Waals surface area contributed by atoms with Crippen LogP contribution in [0.2, 0.25) is 0 Å². The highest BCUT2D eigenvalue weighted by Gasteiger charge is 2.27. The molecule has 0 bridgehead atoms. The number of hydrogen-bond acceptors (Lipinski definition) is 4. The topological polar surface area (TPSA) is 52.1 Å². The second-order valence-corrected chi connectivity index (χ2v) is 3.75. The van der Waals surface area contributed by atoms with E-state index in [1.807, 2.05) is 6.92 Å². The van der Waals surface area contributed by atoms with E-state index in [0.29, 0.717) is 18.2 Å². The first-order chi connectivity index (χ1) is 7.22. The summed E-state index contributed by atoms with van der Waals surface area (Å²) in [5.74, 6) is 0.890. The molecule has 0 atom stereocenters. The predicted octanol–water partition coefficient (Wildman–Crippen LogP) is 1.84. The van der Waals surface area contributed by atoms with Gasteiger partial charge in [0.1, 0.15) is 5.82 Å². The summed E-state index contributed by atoms with van der Waals surface area (Å²) in [5, 5.41) is 0. The molecule has 0 amide bonds. The average molecular weight is 206 g/mol. The predicted molar refractivity (Wildman–Crippen MR) is 54.7 cm³/mol. The molecule has 1 aliphatic rings. The summed E-state index contributed by atoms with van der Waals surface area (Å²) in [6.45, 7) is 3.99. The molecule has 1 heterocycles. The van der Waals surface area contributed by atoms with Crippen molar-refractivity contribution in [2.45, 2.75) is 32.6 Å². The highest BCUT2D eigenvalue weighted by Crippen LogP contribution is 2.37. The molecule has 1 saturated carbocycles. The van der Waals surface area contributed by atoms with E-state index in [9.17, 15) is 4.79 Å². The summed E-state index contributed by atoms with van der Waals surface area (Å²) in [7, 11) is 0. The van der Waals surface area contributed by atoms with Gasteiger partial charge in [-0.15, -0.1) is 0 Å². The third-order valence-electron chi connectivity index (χ3n) is 2.40. The Morgan fingerprint density at radius 3 is 2.93 bits per heavy atom. The lowest BCUT2D eigenvalue weighted by Crippen LogP contribution is -2.11. The van der Waals surface area contributed by atoms with Gasteiger partial charge in [-0.05, 0) is 26.7 Å². The summed E-state index contributed by atoms with van der Waals surface area (Å²) < 4.78 is 4.93. The monoisotopic (exact) mass is 206 g/mol. The average Bonchev–Trinajstić information content (AvgIpc) is 3.02. The van der Waals surface area contributed by atoms with E-state index in [4.69, 9.17) is 4.74 Å². The van der Waals surface area contributed by atoms with Crippen LogP contribution in [0.25, 0.3) is 0 Å². The largest absolute Gasteiger partial charge is 0.461 e. The number of ether oxygens (including phenoxy) is 1. The molecule has 1 aromatic rings. The van der Waals surface area contributed by atoms with Crippen LogP contribution in [0.4, 0.5) is 0 Å². The first-order valence-corrected chi connectivity index (χ1v) is 5.23. The molecule has 1 fully saturated rings. The van der Waals surface area contributed by atoms with Gasteiger partial charge in [0, 0.05) is 17.7 Å². The second-order valence-electron chi connectivity index (χ2n) is 3.75. The van der Waals surface area contributed by atoms with Crippen molar-refractivity contribution >= 4 is 5.97 Å². The van der Waals surface area contributed by atoms with Gasteiger partial charge in [0.25, 0.3) is 0 Å². The van der Waals surface area contributed by atoms with E-state index in [1.165, 1.54) is 0 Å². The molecule has 0 radical (unpaired) electrons. The normalized spacial score (nSPS) is 15.1. The molecular weight excluding hydrogens is 192 g/mol. The van der Waals surface area contributed by atoms with Gasteiger partial charge in [-0.2, -0.15) is 0 Å². The van der Waals surface area contributed by atoms with Crippen molar-refractivity contribution in [1.82, 2.24) is 9.97 Å². The molecule has 0 spiro atoms. The maximum atomic E-state index is 11.5. The van der Waals surface area contributed by atoms with Crippen LogP contribution in [0, 0.1) is 6.92 Å². The molecule has 15 heavy (non-hydrogen) atoms. The Balaban J connectivity index is 2.27. The highest BCUT2D eigenvalue weighted by atomic mass is 16.5. The van der Waals surface area contributed by atoms with Gasteiger partial charge in [0.15, 0.2) is 5.69 Å². The van der Waals surface area contributed by atoms with E-state index >= 15 is 0 Å². The first kappa shape index (κ1) is 10.1. The van der Waals surface area contributed by atoms with Crippen LogP contribution in [0.3, 0.4) is 0 Å². The number of aryl methyl sites for hydroxylation is 1. The fourth-order valence-corrected chi connectivity index (χ4v) is 1.40. The van der Waals surface area contributed by atoms with Crippen molar-refractivity contribution in [3.63, 3.8) is 0 Å². The number of hydrogen-bond donors (Lipinski definition) is 0. The van der Waals surface area contributed by atoms with Crippen LogP contribution < -0.4 is 0 Å². The van der Waals surface area contributed by atoms with E-state index in [2.05, 4.69) is 9.97 Å². The third kappa shape index (κ3) is 2.14. The number of carbonyl (C=O) groups is 1. The summed E-state index contributed by atoms with van der Waals surface area (Å²) in [5.41, 5.74) is 1.19. The lowest BCUT2D eigenvalue weighted by molar-refractivity contribution is 0.0518. The van der Waals surface area contributed by atoms with Crippen molar-refractivity contribution < 1.29 is 9.53 Å². The molecule has 0 aromatic carbocycles. The second kappa shape index (κ2) is 3.96. The van der Waals surface area contributed by atoms with Gasteiger partial charge < -0.3 is 4.74 Å². The van der Waals surface area contributed by atoms with Crippen molar-refractivity contribution in [2.75, 3.05) is 6.61 Å². The Bertz CT molecular complexity index is 386. The Labute approximate surface area is 88.7 Å². The molecule has 1 aromatic heterocycles. The van der Waals surface area contributed by atoms with Gasteiger partial charge in [0.05, 0.1) is 6.61 Å². The van der Waals surface area contributed by atoms with Crippen LogP contribution >= 0.6 is 0 Å². The van der Waals surface area contributed by atoms with Crippen LogP contribution in [0.1, 0.15) is 47.6 Å². The molecule has 2 rings (SSSR count). The molecule has 80 valence electrons. The molecule has 0 N–H and O–H groups in total. The lowest BCUT2D eigenvalue weighted by atomic mass is 10.2. The highest BCUT2D eigenvalue weighted by molar-refractivity contribution is 5.88. The molecule has 0 unspecified atom stereocenters. The van der Waals surface area contributed by atoms with E-state index in [1.54, 1.807) is 13.1 Å². The van der Waals surface area contributed by atoms with Crippen LogP contribution in [0.15, 0.2) is 6.20 Å². The minimum atomic E-state index is -0.348. The van der Waals surface area contributed by atoms with Gasteiger partial charge in [-0.1, -0.05) is 0 Å². The zero-order valence-corrected chi connectivity index (χ0v) is 8.99. The summed E-state index contributed by atoms with van der Waals surface area (Å²) in [6.07, 6.45) is 3.96. The molecule has 0 saturated heterocycles. The minimum absolute atomic E-state index is 0.348. The first-order valence-electron chi connectivity index (χ1n) is 5.23. The Hall–Kier alpha value is -1.45. The third-order valence-corrected chi connectivity index (χ3v) is 2.40. The quantitative estimate of drug-likeness (QED) is 0.708. The SMILES string of the molecule is CCOC(=O)c1nc(C2CC2)ncc1C. The molecule has 4 heteroatoms. The fourth-order valence-electron chi connectivity index (χ4n) is 1.40. The number of rotatable bonds is 3. The zero-order valence-electron chi connectivity index (χ0n) is 8.99. The van der Waals surface area contributed by atoms with Crippen molar-refractivity contribution in [3.05, 3.63) is 23.3 Å². The number of nitrogens with zero attached hydrogens (tertiary/aromatic N) is 2. The van der Waals surface area contributed by atoms with Crippen LogP contribution in [-0.4, -0.2) is 22.5 Å². The van der Waals surface area contributed by atoms with Crippen molar-refractivity contribution in [3.8, 4) is 0 Å². The van der Waals surface area contributed by atoms with Crippen LogP contribution in [-0.2, 0) is 4.74 Å². The zero-order chi connectivity index (χ0) is 10.8. The summed E-state index contributed by atoms with van der Waals surface area (Å²) in [6, 6.07) is 0. The Kier molecular flexibility index (Phi) is 2.66. The number of aromatic nitrogens is 2. The fraction of sp³-hybridized carbons (Fsp3) is 0.545. The lowest BCUT2D eigenvalue weighted by Gasteiger charge is -2.05. The molecular formula is C11H14N2O2. The maximum Gasteiger partial charge on any atom is 0.357 e. The van der Waals surface area contributed by atoms with Crippen LogP contribution in [0.5, 0.6) is 0 Å². The summed E-state index contributed by atoms with van der Waals surface area (Å²) >= 11 is 0. The van der Waals surface area contributed by atoms with Gasteiger partial charge in [-0.25, -0.2) is 14.8 Å². The number of esters is 1. The molecule has 0 aliphatic heterocycles. The standard InChI is InChI=1S/C11H14N2O2/c1-3-15-11(14)9-7(2)6-12-10(13-9)8-4-5-8/h6,8H,3-5H2,1-2H3. The Morgan fingerprint density at radius 2 is 2.33 bits per heavy atom. The smallest absolute Gasteiger partial charge is 0.357 e. The number of carbonyl (C=O) groups excluding carboxylic acids is 1. The van der Waals surface area contributed by atoms with Gasteiger partial charge >= 0.3 is 5.97 Å².